The van der Waals surface area contributed by atoms with Crippen molar-refractivity contribution in [2.75, 3.05) is 17.6 Å². The number of hydrogen-bond acceptors (Lipinski definition) is 4. The molecule has 0 radical (unpaired) electrons. The Labute approximate surface area is 151 Å². The lowest BCUT2D eigenvalue weighted by Gasteiger charge is -2.19. The van der Waals surface area contributed by atoms with Crippen LogP contribution < -0.4 is 4.72 Å². The number of carboxylic acid groups (broad SMARTS) is 1. The molecule has 140 valence electrons. The zero-order valence-electron chi connectivity index (χ0n) is 14.6. The zero-order chi connectivity index (χ0) is 19.5. The van der Waals surface area contributed by atoms with Crippen molar-refractivity contribution in [2.24, 2.45) is 0 Å². The average molecular weight is 381 g/mol. The Kier molecular flexibility index (Phi) is 5.99. The first-order valence-electron chi connectivity index (χ1n) is 7.76. The summed E-state index contributed by atoms with van der Waals surface area (Å²) in [6.45, 7) is 3.36. The molecule has 0 saturated carbocycles. The molecule has 2 aromatic rings. The summed E-state index contributed by atoms with van der Waals surface area (Å²) >= 11 is 0. The van der Waals surface area contributed by atoms with Gasteiger partial charge in [-0.25, -0.2) is 17.6 Å². The predicted molar refractivity (Wildman–Crippen MR) is 96.4 cm³/mol. The molecule has 2 rings (SSSR count). The average Bonchev–Trinajstić information content (AvgIpc) is 2.55. The lowest BCUT2D eigenvalue weighted by Crippen LogP contribution is -2.24. The Bertz CT molecular complexity index is 910. The van der Waals surface area contributed by atoms with Crippen molar-refractivity contribution in [3.8, 4) is 0 Å². The van der Waals surface area contributed by atoms with Gasteiger partial charge in [0.25, 0.3) is 0 Å². The van der Waals surface area contributed by atoms with E-state index in [0.717, 1.165) is 0 Å². The number of anilines is 1. The van der Waals surface area contributed by atoms with E-state index in [0.29, 0.717) is 16.7 Å². The van der Waals surface area contributed by atoms with E-state index in [1.807, 2.05) is 0 Å². The van der Waals surface area contributed by atoms with Crippen LogP contribution >= 0.6 is 0 Å². The van der Waals surface area contributed by atoms with Crippen LogP contribution in [0, 0.1) is 19.7 Å². The van der Waals surface area contributed by atoms with Gasteiger partial charge in [-0.3, -0.25) is 4.72 Å². The molecule has 0 heterocycles. The van der Waals surface area contributed by atoms with Crippen molar-refractivity contribution < 1.29 is 27.4 Å². The van der Waals surface area contributed by atoms with Gasteiger partial charge >= 0.3 is 5.97 Å². The van der Waals surface area contributed by atoms with Crippen LogP contribution in [0.25, 0.3) is 0 Å². The minimum atomic E-state index is -3.93. The van der Waals surface area contributed by atoms with Gasteiger partial charge in [0.05, 0.1) is 23.1 Å². The van der Waals surface area contributed by atoms with Crippen molar-refractivity contribution >= 4 is 21.7 Å². The molecule has 0 spiro atoms. The van der Waals surface area contributed by atoms with Gasteiger partial charge in [0, 0.05) is 7.11 Å². The predicted octanol–water partition coefficient (Wildman–Crippen LogP) is 3.27. The summed E-state index contributed by atoms with van der Waals surface area (Å²) in [5.41, 5.74) is 1.61. The second kappa shape index (κ2) is 7.84. The van der Waals surface area contributed by atoms with Gasteiger partial charge in [-0.15, -0.1) is 0 Å². The van der Waals surface area contributed by atoms with E-state index in [1.54, 1.807) is 19.9 Å². The number of methoxy groups -OCH3 is 1. The SMILES string of the molecule is CO[C@@H](CS(=O)(=O)Nc1c(C)cc(C)cc1C(=O)O)c1ccc(F)cc1. The van der Waals surface area contributed by atoms with Crippen molar-refractivity contribution in [1.29, 1.82) is 0 Å². The van der Waals surface area contributed by atoms with Crippen LogP contribution in [-0.2, 0) is 14.8 Å². The maximum atomic E-state index is 13.0. The number of halogens is 1. The van der Waals surface area contributed by atoms with Crippen molar-refractivity contribution in [1.82, 2.24) is 0 Å². The second-order valence-corrected chi connectivity index (χ2v) is 7.74. The third-order valence-electron chi connectivity index (χ3n) is 3.86. The van der Waals surface area contributed by atoms with Gasteiger partial charge < -0.3 is 9.84 Å². The molecule has 2 aromatic carbocycles. The number of aromatic carboxylic acids is 1. The smallest absolute Gasteiger partial charge is 0.337 e. The van der Waals surface area contributed by atoms with E-state index in [-0.39, 0.29) is 11.3 Å². The molecule has 0 amide bonds. The highest BCUT2D eigenvalue weighted by Crippen LogP contribution is 2.26. The number of ether oxygens (including phenoxy) is 1. The van der Waals surface area contributed by atoms with Crippen LogP contribution in [-0.4, -0.2) is 32.4 Å². The van der Waals surface area contributed by atoms with Gasteiger partial charge in [0.2, 0.25) is 10.0 Å². The van der Waals surface area contributed by atoms with Gasteiger partial charge in [-0.05, 0) is 48.7 Å². The molecule has 0 aromatic heterocycles. The summed E-state index contributed by atoms with van der Waals surface area (Å²) in [5, 5.41) is 9.35. The van der Waals surface area contributed by atoms with E-state index in [1.165, 1.54) is 37.4 Å². The molecule has 26 heavy (non-hydrogen) atoms. The molecule has 1 atom stereocenters. The molecule has 0 aliphatic rings. The molecule has 0 aliphatic carbocycles. The highest BCUT2D eigenvalue weighted by molar-refractivity contribution is 7.92. The quantitative estimate of drug-likeness (QED) is 0.768. The topological polar surface area (TPSA) is 92.7 Å². The Balaban J connectivity index is 2.31. The standard InChI is InChI=1S/C18H20FNO5S/c1-11-8-12(2)17(15(9-11)18(21)22)20-26(23,24)10-16(25-3)13-4-6-14(19)7-5-13/h4-9,16,20H,10H2,1-3H3,(H,21,22)/t16-/m0/s1. The summed E-state index contributed by atoms with van der Waals surface area (Å²) in [6, 6.07) is 8.42. The minimum absolute atomic E-state index is 0.0251. The largest absolute Gasteiger partial charge is 0.478 e. The Morgan fingerprint density at radius 2 is 1.85 bits per heavy atom. The van der Waals surface area contributed by atoms with E-state index in [2.05, 4.69) is 4.72 Å². The maximum Gasteiger partial charge on any atom is 0.337 e. The highest BCUT2D eigenvalue weighted by atomic mass is 32.2. The normalized spacial score (nSPS) is 12.6. The molecule has 0 fully saturated rings. The monoisotopic (exact) mass is 381 g/mol. The number of carboxylic acids is 1. The van der Waals surface area contributed by atoms with Crippen molar-refractivity contribution in [2.45, 2.75) is 20.0 Å². The molecule has 2 N–H and O–H groups in total. The van der Waals surface area contributed by atoms with Crippen LogP contribution in [0.3, 0.4) is 0 Å². The maximum absolute atomic E-state index is 13.0. The van der Waals surface area contributed by atoms with E-state index in [9.17, 15) is 22.7 Å². The number of nitrogens with one attached hydrogen (secondary N) is 1. The molecular formula is C18H20FNO5S. The van der Waals surface area contributed by atoms with Gasteiger partial charge in [-0.2, -0.15) is 0 Å². The number of benzene rings is 2. The number of hydrogen-bond donors (Lipinski definition) is 2. The second-order valence-electron chi connectivity index (χ2n) is 5.97. The first kappa shape index (κ1) is 19.9. The third kappa shape index (κ3) is 4.80. The van der Waals surface area contributed by atoms with E-state index < -0.39 is 33.7 Å². The fourth-order valence-corrected chi connectivity index (χ4v) is 4.04. The summed E-state index contributed by atoms with van der Waals surface area (Å²) in [5.74, 6) is -2.11. The fraction of sp³-hybridized carbons (Fsp3) is 0.278. The molecule has 8 heteroatoms. The van der Waals surface area contributed by atoms with Crippen molar-refractivity contribution in [3.63, 3.8) is 0 Å². The molecule has 0 bridgehead atoms. The van der Waals surface area contributed by atoms with Crippen LogP contribution in [0.2, 0.25) is 0 Å². The van der Waals surface area contributed by atoms with Gasteiger partial charge in [0.15, 0.2) is 0 Å². The van der Waals surface area contributed by atoms with Crippen LogP contribution in [0.4, 0.5) is 10.1 Å². The van der Waals surface area contributed by atoms with Crippen LogP contribution in [0.1, 0.15) is 33.2 Å². The molecule has 6 nitrogen and oxygen atoms in total. The van der Waals surface area contributed by atoms with Crippen LogP contribution in [0.15, 0.2) is 36.4 Å². The Hall–Kier alpha value is -2.45. The highest BCUT2D eigenvalue weighted by Gasteiger charge is 2.24. The van der Waals surface area contributed by atoms with E-state index >= 15 is 0 Å². The summed E-state index contributed by atoms with van der Waals surface area (Å²) in [4.78, 5) is 11.4. The van der Waals surface area contributed by atoms with Crippen molar-refractivity contribution in [3.05, 3.63) is 64.5 Å². The minimum Gasteiger partial charge on any atom is -0.478 e. The first-order chi connectivity index (χ1) is 12.1. The third-order valence-corrected chi connectivity index (χ3v) is 5.12. The molecule has 0 aliphatic heterocycles. The lowest BCUT2D eigenvalue weighted by atomic mass is 10.0. The molecule has 0 saturated heterocycles. The number of rotatable bonds is 7. The summed E-state index contributed by atoms with van der Waals surface area (Å²) in [6.07, 6.45) is -0.827. The fourth-order valence-electron chi connectivity index (χ4n) is 2.65. The molecular weight excluding hydrogens is 361 g/mol. The van der Waals surface area contributed by atoms with Gasteiger partial charge in [-0.1, -0.05) is 18.2 Å². The number of carbonyl (C=O) groups is 1. The Morgan fingerprint density at radius 1 is 1.23 bits per heavy atom. The summed E-state index contributed by atoms with van der Waals surface area (Å²) < 4.78 is 45.7. The number of aryl methyl sites for hydroxylation is 2. The van der Waals surface area contributed by atoms with Gasteiger partial charge in [0.1, 0.15) is 5.82 Å². The van der Waals surface area contributed by atoms with E-state index in [4.69, 9.17) is 4.74 Å². The zero-order valence-corrected chi connectivity index (χ0v) is 15.4. The number of sulfonamides is 1. The first-order valence-corrected chi connectivity index (χ1v) is 9.41. The Morgan fingerprint density at radius 3 is 2.38 bits per heavy atom. The lowest BCUT2D eigenvalue weighted by molar-refractivity contribution is 0.0698. The molecule has 0 unspecified atom stereocenters. The van der Waals surface area contributed by atoms with Crippen LogP contribution in [0.5, 0.6) is 0 Å². The summed E-state index contributed by atoms with van der Waals surface area (Å²) in [7, 11) is -2.58.